The molecule has 5 nitrogen and oxygen atoms in total. The molecule has 0 bridgehead atoms. The highest BCUT2D eigenvalue weighted by Gasteiger charge is 2.44. The molecule has 0 radical (unpaired) electrons. The van der Waals surface area contributed by atoms with Crippen LogP contribution in [0.3, 0.4) is 0 Å². The highest BCUT2D eigenvalue weighted by Crippen LogP contribution is 2.50. The highest BCUT2D eigenvalue weighted by atomic mass is 16.7. The SMILES string of the molecule is CN(C)c1ccc(C2CC(C)(N3CCCC3)Oc3cc4c(cc32)OCO4)cc1. The van der Waals surface area contributed by atoms with Gasteiger partial charge >= 0.3 is 0 Å². The van der Waals surface area contributed by atoms with Crippen molar-refractivity contribution in [1.29, 1.82) is 0 Å². The monoisotopic (exact) mass is 380 g/mol. The molecule has 2 aromatic carbocycles. The van der Waals surface area contributed by atoms with Gasteiger partial charge in [-0.25, -0.2) is 0 Å². The summed E-state index contributed by atoms with van der Waals surface area (Å²) in [6.45, 7) is 4.72. The van der Waals surface area contributed by atoms with E-state index in [9.17, 15) is 0 Å². The first-order chi connectivity index (χ1) is 13.5. The predicted octanol–water partition coefficient (Wildman–Crippen LogP) is 4.21. The van der Waals surface area contributed by atoms with Crippen molar-refractivity contribution in [2.45, 2.75) is 37.8 Å². The molecule has 0 N–H and O–H groups in total. The van der Waals surface area contributed by atoms with Crippen molar-refractivity contribution in [3.63, 3.8) is 0 Å². The summed E-state index contributed by atoms with van der Waals surface area (Å²) in [5, 5.41) is 0. The molecule has 1 fully saturated rings. The number of hydrogen-bond acceptors (Lipinski definition) is 5. The summed E-state index contributed by atoms with van der Waals surface area (Å²) in [6.07, 6.45) is 3.42. The maximum Gasteiger partial charge on any atom is 0.231 e. The van der Waals surface area contributed by atoms with E-state index in [0.717, 1.165) is 36.8 Å². The van der Waals surface area contributed by atoms with E-state index in [2.05, 4.69) is 61.2 Å². The van der Waals surface area contributed by atoms with Gasteiger partial charge in [0.1, 0.15) is 5.75 Å². The first-order valence-electron chi connectivity index (χ1n) is 10.2. The zero-order chi connectivity index (χ0) is 19.3. The van der Waals surface area contributed by atoms with Crippen LogP contribution in [-0.2, 0) is 0 Å². The second-order valence-electron chi connectivity index (χ2n) is 8.46. The van der Waals surface area contributed by atoms with Crippen LogP contribution >= 0.6 is 0 Å². The topological polar surface area (TPSA) is 34.2 Å². The minimum atomic E-state index is -0.303. The van der Waals surface area contributed by atoms with Crippen molar-refractivity contribution in [1.82, 2.24) is 4.90 Å². The molecule has 0 aromatic heterocycles. The van der Waals surface area contributed by atoms with E-state index in [1.807, 2.05) is 6.07 Å². The number of hydrogen-bond donors (Lipinski definition) is 0. The quantitative estimate of drug-likeness (QED) is 0.797. The fraction of sp³-hybridized carbons (Fsp3) is 0.478. The van der Waals surface area contributed by atoms with Crippen LogP contribution in [0.15, 0.2) is 36.4 Å². The summed E-state index contributed by atoms with van der Waals surface area (Å²) in [5.41, 5.74) is 3.42. The second kappa shape index (κ2) is 6.59. The number of benzene rings is 2. The summed E-state index contributed by atoms with van der Waals surface area (Å²) in [7, 11) is 4.15. The zero-order valence-electron chi connectivity index (χ0n) is 16.9. The number of fused-ring (bicyclic) bond motifs is 2. The van der Waals surface area contributed by atoms with Gasteiger partial charge < -0.3 is 19.1 Å². The van der Waals surface area contributed by atoms with Gasteiger partial charge in [-0.15, -0.1) is 0 Å². The summed E-state index contributed by atoms with van der Waals surface area (Å²) in [5.74, 6) is 2.79. The maximum atomic E-state index is 6.62. The first kappa shape index (κ1) is 17.7. The Labute approximate surface area is 166 Å². The lowest BCUT2D eigenvalue weighted by molar-refractivity contribution is -0.0768. The third kappa shape index (κ3) is 2.89. The van der Waals surface area contributed by atoms with Crippen molar-refractivity contribution in [2.24, 2.45) is 0 Å². The Morgan fingerprint density at radius 3 is 2.32 bits per heavy atom. The molecule has 28 heavy (non-hydrogen) atoms. The smallest absolute Gasteiger partial charge is 0.231 e. The van der Waals surface area contributed by atoms with Gasteiger partial charge in [0.15, 0.2) is 17.2 Å². The molecular weight excluding hydrogens is 352 g/mol. The van der Waals surface area contributed by atoms with Crippen LogP contribution in [0.5, 0.6) is 17.2 Å². The first-order valence-corrected chi connectivity index (χ1v) is 10.2. The third-order valence-electron chi connectivity index (χ3n) is 6.38. The number of rotatable bonds is 3. The van der Waals surface area contributed by atoms with Crippen molar-refractivity contribution in [3.8, 4) is 17.2 Å². The second-order valence-corrected chi connectivity index (χ2v) is 8.46. The van der Waals surface area contributed by atoms with E-state index >= 15 is 0 Å². The fourth-order valence-electron chi connectivity index (χ4n) is 4.75. The number of ether oxygens (including phenoxy) is 3. The molecule has 3 aliphatic heterocycles. The summed E-state index contributed by atoms with van der Waals surface area (Å²) >= 11 is 0. The Bertz CT molecular complexity index is 874. The largest absolute Gasteiger partial charge is 0.472 e. The molecule has 5 rings (SSSR count). The van der Waals surface area contributed by atoms with Crippen LogP contribution in [0, 0.1) is 0 Å². The van der Waals surface area contributed by atoms with Gasteiger partial charge in [0, 0.05) is 56.8 Å². The van der Waals surface area contributed by atoms with E-state index in [1.54, 1.807) is 0 Å². The normalized spacial score (nSPS) is 26.0. The van der Waals surface area contributed by atoms with Gasteiger partial charge in [0.05, 0.1) is 0 Å². The molecule has 2 atom stereocenters. The fourth-order valence-corrected chi connectivity index (χ4v) is 4.75. The van der Waals surface area contributed by atoms with Crippen LogP contribution in [0.1, 0.15) is 43.2 Å². The molecule has 0 spiro atoms. The lowest BCUT2D eigenvalue weighted by Gasteiger charge is -2.45. The summed E-state index contributed by atoms with van der Waals surface area (Å²) in [6, 6.07) is 13.0. The molecule has 3 aliphatic rings. The average molecular weight is 380 g/mol. The van der Waals surface area contributed by atoms with E-state index in [1.165, 1.54) is 29.7 Å². The van der Waals surface area contributed by atoms with Crippen LogP contribution in [-0.4, -0.2) is 44.6 Å². The Hall–Kier alpha value is -2.40. The summed E-state index contributed by atoms with van der Waals surface area (Å²) < 4.78 is 17.9. The Kier molecular flexibility index (Phi) is 4.16. The molecule has 0 saturated carbocycles. The Morgan fingerprint density at radius 1 is 0.964 bits per heavy atom. The van der Waals surface area contributed by atoms with Crippen molar-refractivity contribution in [2.75, 3.05) is 38.9 Å². The van der Waals surface area contributed by atoms with Gasteiger partial charge in [-0.3, -0.25) is 4.90 Å². The molecule has 5 heteroatoms. The molecule has 2 aromatic rings. The van der Waals surface area contributed by atoms with E-state index < -0.39 is 0 Å². The van der Waals surface area contributed by atoms with Crippen LogP contribution in [0.4, 0.5) is 5.69 Å². The third-order valence-corrected chi connectivity index (χ3v) is 6.38. The minimum Gasteiger partial charge on any atom is -0.472 e. The van der Waals surface area contributed by atoms with Crippen molar-refractivity contribution >= 4 is 5.69 Å². The van der Waals surface area contributed by atoms with Crippen LogP contribution in [0.25, 0.3) is 0 Å². The molecular formula is C23H28N2O3. The lowest BCUT2D eigenvalue weighted by Crippen LogP contribution is -2.52. The van der Waals surface area contributed by atoms with Gasteiger partial charge in [-0.2, -0.15) is 0 Å². The number of anilines is 1. The molecule has 0 aliphatic carbocycles. The zero-order valence-corrected chi connectivity index (χ0v) is 16.9. The Morgan fingerprint density at radius 2 is 1.64 bits per heavy atom. The Balaban J connectivity index is 1.58. The molecule has 0 amide bonds. The van der Waals surface area contributed by atoms with Crippen molar-refractivity contribution in [3.05, 3.63) is 47.5 Å². The number of nitrogens with zero attached hydrogens (tertiary/aromatic N) is 2. The van der Waals surface area contributed by atoms with E-state index in [-0.39, 0.29) is 18.4 Å². The van der Waals surface area contributed by atoms with Gasteiger partial charge in [0.25, 0.3) is 0 Å². The standard InChI is InChI=1S/C23H28N2O3/c1-23(25-10-4-5-11-25)14-19(16-6-8-17(9-7-16)24(2)3)18-12-21-22(27-15-26-21)13-20(18)28-23/h6-9,12-13,19H,4-5,10-11,14-15H2,1-3H3. The van der Waals surface area contributed by atoms with E-state index in [4.69, 9.17) is 14.2 Å². The van der Waals surface area contributed by atoms with Gasteiger partial charge in [-0.1, -0.05) is 12.1 Å². The van der Waals surface area contributed by atoms with Gasteiger partial charge in [-0.05, 0) is 43.5 Å². The van der Waals surface area contributed by atoms with Gasteiger partial charge in [0.2, 0.25) is 6.79 Å². The van der Waals surface area contributed by atoms with Crippen LogP contribution in [0.2, 0.25) is 0 Å². The summed E-state index contributed by atoms with van der Waals surface area (Å²) in [4.78, 5) is 4.63. The molecule has 3 heterocycles. The molecule has 1 saturated heterocycles. The predicted molar refractivity (Wildman–Crippen MR) is 110 cm³/mol. The molecule has 2 unspecified atom stereocenters. The maximum absolute atomic E-state index is 6.62. The average Bonchev–Trinajstić information content (AvgIpc) is 3.38. The van der Waals surface area contributed by atoms with E-state index in [0.29, 0.717) is 0 Å². The highest BCUT2D eigenvalue weighted by molar-refractivity contribution is 5.57. The van der Waals surface area contributed by atoms with Crippen LogP contribution < -0.4 is 19.1 Å². The van der Waals surface area contributed by atoms with Crippen molar-refractivity contribution < 1.29 is 14.2 Å². The lowest BCUT2D eigenvalue weighted by atomic mass is 9.81. The molecule has 148 valence electrons. The minimum absolute atomic E-state index is 0.264. The number of likely N-dealkylation sites (tertiary alicyclic amines) is 1.